The average molecular weight is 294 g/mol. The number of aromatic nitrogens is 2. The van der Waals surface area contributed by atoms with Gasteiger partial charge in [0.1, 0.15) is 17.2 Å². The van der Waals surface area contributed by atoms with Gasteiger partial charge >= 0.3 is 0 Å². The molecule has 0 saturated heterocycles. The SMILES string of the molecule is COc1ccc(C(O)(Cc2ncc[nH]2)c2ccccc2)cc1. The molecule has 112 valence electrons. The first-order valence-corrected chi connectivity index (χ1v) is 7.13. The number of benzene rings is 2. The maximum atomic E-state index is 11.4. The zero-order chi connectivity index (χ0) is 15.4. The molecular weight excluding hydrogens is 276 g/mol. The van der Waals surface area contributed by atoms with Gasteiger partial charge in [0.25, 0.3) is 0 Å². The van der Waals surface area contributed by atoms with Gasteiger partial charge in [-0.3, -0.25) is 0 Å². The van der Waals surface area contributed by atoms with Crippen LogP contribution in [0.25, 0.3) is 0 Å². The van der Waals surface area contributed by atoms with E-state index in [0.29, 0.717) is 6.42 Å². The van der Waals surface area contributed by atoms with E-state index in [1.807, 2.05) is 54.6 Å². The predicted octanol–water partition coefficient (Wildman–Crippen LogP) is 2.90. The van der Waals surface area contributed by atoms with Gasteiger partial charge in [0.05, 0.1) is 7.11 Å². The van der Waals surface area contributed by atoms with Gasteiger partial charge in [0.15, 0.2) is 0 Å². The maximum absolute atomic E-state index is 11.4. The van der Waals surface area contributed by atoms with E-state index in [-0.39, 0.29) is 0 Å². The molecule has 1 aromatic heterocycles. The first-order valence-electron chi connectivity index (χ1n) is 7.13. The van der Waals surface area contributed by atoms with E-state index in [2.05, 4.69) is 9.97 Å². The summed E-state index contributed by atoms with van der Waals surface area (Å²) < 4.78 is 5.19. The lowest BCUT2D eigenvalue weighted by Crippen LogP contribution is -2.30. The quantitative estimate of drug-likeness (QED) is 0.760. The van der Waals surface area contributed by atoms with Gasteiger partial charge in [-0.05, 0) is 23.3 Å². The second-order valence-corrected chi connectivity index (χ2v) is 5.17. The summed E-state index contributed by atoms with van der Waals surface area (Å²) in [4.78, 5) is 7.30. The number of imidazole rings is 1. The highest BCUT2D eigenvalue weighted by atomic mass is 16.5. The zero-order valence-electron chi connectivity index (χ0n) is 12.4. The Hall–Kier alpha value is -2.59. The van der Waals surface area contributed by atoms with Crippen molar-refractivity contribution >= 4 is 0 Å². The lowest BCUT2D eigenvalue weighted by molar-refractivity contribution is 0.0790. The molecule has 3 rings (SSSR count). The highest BCUT2D eigenvalue weighted by molar-refractivity contribution is 5.39. The fourth-order valence-corrected chi connectivity index (χ4v) is 2.59. The van der Waals surface area contributed by atoms with Crippen molar-refractivity contribution in [2.24, 2.45) is 0 Å². The monoisotopic (exact) mass is 294 g/mol. The van der Waals surface area contributed by atoms with Crippen molar-refractivity contribution in [3.05, 3.63) is 83.9 Å². The van der Waals surface area contributed by atoms with E-state index >= 15 is 0 Å². The van der Waals surface area contributed by atoms with Crippen molar-refractivity contribution < 1.29 is 9.84 Å². The number of aromatic amines is 1. The minimum Gasteiger partial charge on any atom is -0.497 e. The summed E-state index contributed by atoms with van der Waals surface area (Å²) in [6.45, 7) is 0. The molecule has 1 atom stereocenters. The van der Waals surface area contributed by atoms with Gasteiger partial charge in [-0.1, -0.05) is 42.5 Å². The molecule has 0 spiro atoms. The Morgan fingerprint density at radius 2 is 1.73 bits per heavy atom. The van der Waals surface area contributed by atoms with Crippen LogP contribution in [0.15, 0.2) is 67.0 Å². The van der Waals surface area contributed by atoms with E-state index in [9.17, 15) is 5.11 Å². The number of ether oxygens (including phenoxy) is 1. The highest BCUT2D eigenvalue weighted by Gasteiger charge is 2.32. The third-order valence-electron chi connectivity index (χ3n) is 3.80. The van der Waals surface area contributed by atoms with E-state index in [4.69, 9.17) is 4.74 Å². The third kappa shape index (κ3) is 2.73. The molecule has 3 aromatic rings. The van der Waals surface area contributed by atoms with Crippen LogP contribution in [-0.4, -0.2) is 22.2 Å². The number of rotatable bonds is 5. The zero-order valence-corrected chi connectivity index (χ0v) is 12.4. The third-order valence-corrected chi connectivity index (χ3v) is 3.80. The van der Waals surface area contributed by atoms with Crippen LogP contribution < -0.4 is 4.74 Å². The first kappa shape index (κ1) is 14.4. The molecular formula is C18H18N2O2. The molecule has 1 heterocycles. The topological polar surface area (TPSA) is 58.1 Å². The molecule has 0 aliphatic heterocycles. The van der Waals surface area contributed by atoms with Crippen LogP contribution in [0.5, 0.6) is 5.75 Å². The second-order valence-electron chi connectivity index (χ2n) is 5.17. The molecule has 0 amide bonds. The van der Waals surface area contributed by atoms with E-state index in [1.54, 1.807) is 19.5 Å². The van der Waals surface area contributed by atoms with Crippen LogP contribution in [-0.2, 0) is 12.0 Å². The number of hydrogen-bond donors (Lipinski definition) is 2. The molecule has 2 aromatic carbocycles. The maximum Gasteiger partial charge on any atom is 0.122 e. The summed E-state index contributed by atoms with van der Waals surface area (Å²) in [5.41, 5.74) is 0.484. The summed E-state index contributed by atoms with van der Waals surface area (Å²) in [5, 5.41) is 11.4. The number of nitrogens with one attached hydrogen (secondary N) is 1. The standard InChI is InChI=1S/C18H18N2O2/c1-22-16-9-7-15(8-10-16)18(21,13-17-19-11-12-20-17)14-5-3-2-4-6-14/h2-12,21H,13H2,1H3,(H,19,20). The van der Waals surface area contributed by atoms with Crippen LogP contribution in [0.3, 0.4) is 0 Å². The lowest BCUT2D eigenvalue weighted by atomic mass is 9.83. The summed E-state index contributed by atoms with van der Waals surface area (Å²) in [6, 6.07) is 17.1. The molecule has 0 bridgehead atoms. The van der Waals surface area contributed by atoms with Crippen molar-refractivity contribution in [3.63, 3.8) is 0 Å². The number of aliphatic hydroxyl groups is 1. The van der Waals surface area contributed by atoms with Gasteiger partial charge in [0, 0.05) is 18.8 Å². The van der Waals surface area contributed by atoms with Crippen LogP contribution in [0.4, 0.5) is 0 Å². The van der Waals surface area contributed by atoms with E-state index in [0.717, 1.165) is 22.7 Å². The summed E-state index contributed by atoms with van der Waals surface area (Å²) in [6.07, 6.45) is 3.82. The molecule has 0 radical (unpaired) electrons. The van der Waals surface area contributed by atoms with Gasteiger partial charge in [-0.25, -0.2) is 4.98 Å². The molecule has 1 unspecified atom stereocenters. The van der Waals surface area contributed by atoms with Crippen LogP contribution in [0.2, 0.25) is 0 Å². The van der Waals surface area contributed by atoms with Crippen molar-refractivity contribution in [2.75, 3.05) is 7.11 Å². The van der Waals surface area contributed by atoms with Crippen molar-refractivity contribution in [1.82, 2.24) is 9.97 Å². The Balaban J connectivity index is 2.05. The van der Waals surface area contributed by atoms with Crippen molar-refractivity contribution in [2.45, 2.75) is 12.0 Å². The normalized spacial score (nSPS) is 13.5. The Morgan fingerprint density at radius 3 is 2.32 bits per heavy atom. The van der Waals surface area contributed by atoms with Crippen LogP contribution in [0, 0.1) is 0 Å². The fourth-order valence-electron chi connectivity index (χ4n) is 2.59. The van der Waals surface area contributed by atoms with Crippen LogP contribution in [0.1, 0.15) is 17.0 Å². The number of nitrogens with zero attached hydrogens (tertiary/aromatic N) is 1. The summed E-state index contributed by atoms with van der Waals surface area (Å²) in [5.74, 6) is 1.50. The summed E-state index contributed by atoms with van der Waals surface area (Å²) in [7, 11) is 1.63. The Kier molecular flexibility index (Phi) is 3.94. The van der Waals surface area contributed by atoms with Crippen molar-refractivity contribution in [1.29, 1.82) is 0 Å². The lowest BCUT2D eigenvalue weighted by Gasteiger charge is -2.29. The minimum absolute atomic E-state index is 0.371. The number of H-pyrrole nitrogens is 1. The van der Waals surface area contributed by atoms with E-state index in [1.165, 1.54) is 0 Å². The van der Waals surface area contributed by atoms with Gasteiger partial charge in [-0.15, -0.1) is 0 Å². The van der Waals surface area contributed by atoms with Gasteiger partial charge in [0.2, 0.25) is 0 Å². The molecule has 4 nitrogen and oxygen atoms in total. The summed E-state index contributed by atoms with van der Waals surface area (Å²) >= 11 is 0. The number of hydrogen-bond acceptors (Lipinski definition) is 3. The van der Waals surface area contributed by atoms with Crippen molar-refractivity contribution in [3.8, 4) is 5.75 Å². The molecule has 0 saturated carbocycles. The van der Waals surface area contributed by atoms with E-state index < -0.39 is 5.60 Å². The molecule has 22 heavy (non-hydrogen) atoms. The molecule has 4 heteroatoms. The Bertz CT molecular complexity index is 709. The first-order chi connectivity index (χ1) is 10.7. The smallest absolute Gasteiger partial charge is 0.122 e. The molecule has 0 aliphatic carbocycles. The molecule has 0 aliphatic rings. The molecule has 2 N–H and O–H groups in total. The predicted molar refractivity (Wildman–Crippen MR) is 84.7 cm³/mol. The van der Waals surface area contributed by atoms with Gasteiger partial charge < -0.3 is 14.8 Å². The number of methoxy groups -OCH3 is 1. The molecule has 0 fully saturated rings. The van der Waals surface area contributed by atoms with Crippen LogP contribution >= 0.6 is 0 Å². The Labute approximate surface area is 129 Å². The Morgan fingerprint density at radius 1 is 1.05 bits per heavy atom. The average Bonchev–Trinajstić information content (AvgIpc) is 3.08. The minimum atomic E-state index is -1.15. The second kappa shape index (κ2) is 6.03. The van der Waals surface area contributed by atoms with Gasteiger partial charge in [-0.2, -0.15) is 0 Å². The largest absolute Gasteiger partial charge is 0.497 e. The fraction of sp³-hybridized carbons (Fsp3) is 0.167. The highest BCUT2D eigenvalue weighted by Crippen LogP contribution is 2.33.